The lowest BCUT2D eigenvalue weighted by Gasteiger charge is -2.38. The van der Waals surface area contributed by atoms with Gasteiger partial charge in [-0.2, -0.15) is 4.98 Å². The van der Waals surface area contributed by atoms with E-state index < -0.39 is 0 Å². The lowest BCUT2D eigenvalue weighted by molar-refractivity contribution is 0.386. The SMILES string of the molecule is CSc1ccc(C2NC(=S)N(CC(C)C)C(C)=C2c2nc(-c3ccc(F)cc3)no2)cc1. The molecule has 0 fully saturated rings. The van der Waals surface area contributed by atoms with E-state index in [1.54, 1.807) is 23.9 Å². The first-order valence-corrected chi connectivity index (χ1v) is 12.0. The summed E-state index contributed by atoms with van der Waals surface area (Å²) in [6.07, 6.45) is 2.05. The van der Waals surface area contributed by atoms with E-state index in [1.807, 2.05) is 6.92 Å². The van der Waals surface area contributed by atoms with Crippen molar-refractivity contribution in [2.24, 2.45) is 5.92 Å². The summed E-state index contributed by atoms with van der Waals surface area (Å²) in [7, 11) is 0. The fourth-order valence-electron chi connectivity index (χ4n) is 3.74. The third-order valence-electron chi connectivity index (χ3n) is 5.35. The van der Waals surface area contributed by atoms with E-state index in [-0.39, 0.29) is 11.9 Å². The van der Waals surface area contributed by atoms with Gasteiger partial charge in [0, 0.05) is 22.7 Å². The van der Waals surface area contributed by atoms with Gasteiger partial charge in [-0.3, -0.25) is 0 Å². The van der Waals surface area contributed by atoms with E-state index in [4.69, 9.17) is 16.7 Å². The smallest absolute Gasteiger partial charge is 0.258 e. The van der Waals surface area contributed by atoms with Crippen molar-refractivity contribution < 1.29 is 8.91 Å². The van der Waals surface area contributed by atoms with Crippen LogP contribution in [0.1, 0.15) is 38.3 Å². The van der Waals surface area contributed by atoms with Gasteiger partial charge in [0.25, 0.3) is 5.89 Å². The Morgan fingerprint density at radius 2 is 1.84 bits per heavy atom. The molecule has 32 heavy (non-hydrogen) atoms. The number of hydrogen-bond donors (Lipinski definition) is 1. The molecule has 1 N–H and O–H groups in total. The maximum atomic E-state index is 13.3. The molecule has 1 aromatic heterocycles. The summed E-state index contributed by atoms with van der Waals surface area (Å²) in [4.78, 5) is 7.93. The highest BCUT2D eigenvalue weighted by atomic mass is 32.2. The summed E-state index contributed by atoms with van der Waals surface area (Å²) < 4.78 is 19.0. The maximum absolute atomic E-state index is 13.3. The summed E-state index contributed by atoms with van der Waals surface area (Å²) in [5.74, 6) is 0.949. The first-order valence-electron chi connectivity index (χ1n) is 10.4. The lowest BCUT2D eigenvalue weighted by Crippen LogP contribution is -2.47. The molecule has 1 aliphatic rings. The third-order valence-corrected chi connectivity index (χ3v) is 6.43. The Labute approximate surface area is 197 Å². The second-order valence-corrected chi connectivity index (χ2v) is 9.36. The topological polar surface area (TPSA) is 54.2 Å². The average molecular weight is 469 g/mol. The summed E-state index contributed by atoms with van der Waals surface area (Å²) in [5, 5.41) is 8.32. The molecule has 1 aliphatic heterocycles. The molecule has 0 radical (unpaired) electrons. The molecule has 0 saturated heterocycles. The molecule has 166 valence electrons. The summed E-state index contributed by atoms with van der Waals surface area (Å²) in [6.45, 7) is 7.12. The van der Waals surface area contributed by atoms with Crippen molar-refractivity contribution in [3.8, 4) is 11.4 Å². The Bertz CT molecular complexity index is 1140. The van der Waals surface area contributed by atoms with Crippen molar-refractivity contribution in [3.05, 3.63) is 71.5 Å². The van der Waals surface area contributed by atoms with Crippen LogP contribution in [-0.2, 0) is 0 Å². The number of halogens is 1. The number of aromatic nitrogens is 2. The normalized spacial score (nSPS) is 16.6. The highest BCUT2D eigenvalue weighted by molar-refractivity contribution is 7.98. The highest BCUT2D eigenvalue weighted by Gasteiger charge is 2.34. The van der Waals surface area contributed by atoms with Gasteiger partial charge in [-0.1, -0.05) is 31.1 Å². The van der Waals surface area contributed by atoms with Crippen molar-refractivity contribution in [1.29, 1.82) is 0 Å². The van der Waals surface area contributed by atoms with Crippen LogP contribution in [0.4, 0.5) is 4.39 Å². The minimum absolute atomic E-state index is 0.219. The number of rotatable bonds is 6. The number of thiocarbonyl (C=S) groups is 1. The Balaban J connectivity index is 1.79. The first-order chi connectivity index (χ1) is 15.4. The zero-order valence-corrected chi connectivity index (χ0v) is 20.1. The monoisotopic (exact) mass is 468 g/mol. The van der Waals surface area contributed by atoms with Gasteiger partial charge in [0.05, 0.1) is 11.6 Å². The standard InChI is InChI=1S/C24H25FN4OS2/c1-14(2)13-29-15(3)20(21(26-24(29)31)16-7-11-19(32-4)12-8-16)23-27-22(28-30-23)17-5-9-18(25)10-6-17/h5-12,14,21H,13H2,1-4H3,(H,26,31). The van der Waals surface area contributed by atoms with Crippen molar-refractivity contribution in [2.75, 3.05) is 12.8 Å². The number of benzene rings is 2. The first kappa shape index (κ1) is 22.5. The van der Waals surface area contributed by atoms with Gasteiger partial charge < -0.3 is 14.7 Å². The van der Waals surface area contributed by atoms with E-state index in [1.165, 1.54) is 17.0 Å². The van der Waals surface area contributed by atoms with Crippen LogP contribution in [0.3, 0.4) is 0 Å². The Kier molecular flexibility index (Phi) is 6.62. The minimum Gasteiger partial charge on any atom is -0.351 e. The van der Waals surface area contributed by atoms with Crippen molar-refractivity contribution in [2.45, 2.75) is 31.7 Å². The van der Waals surface area contributed by atoms with Gasteiger partial charge in [0.1, 0.15) is 5.82 Å². The molecule has 4 rings (SSSR count). The third kappa shape index (κ3) is 4.56. The van der Waals surface area contributed by atoms with E-state index in [9.17, 15) is 4.39 Å². The Morgan fingerprint density at radius 3 is 2.47 bits per heavy atom. The van der Waals surface area contributed by atoms with Gasteiger partial charge >= 0.3 is 0 Å². The van der Waals surface area contributed by atoms with Gasteiger partial charge in [0.2, 0.25) is 5.82 Å². The minimum atomic E-state index is -0.306. The fraction of sp³-hybridized carbons (Fsp3) is 0.292. The van der Waals surface area contributed by atoms with Gasteiger partial charge in [0.15, 0.2) is 5.11 Å². The van der Waals surface area contributed by atoms with E-state index in [0.29, 0.717) is 28.3 Å². The van der Waals surface area contributed by atoms with E-state index in [2.05, 4.69) is 64.7 Å². The van der Waals surface area contributed by atoms with Crippen molar-refractivity contribution in [1.82, 2.24) is 20.4 Å². The van der Waals surface area contributed by atoms with Crippen LogP contribution in [0.5, 0.6) is 0 Å². The number of nitrogens with one attached hydrogen (secondary N) is 1. The number of thioether (sulfide) groups is 1. The molecule has 0 aliphatic carbocycles. The fourth-order valence-corrected chi connectivity index (χ4v) is 4.48. The second-order valence-electron chi connectivity index (χ2n) is 8.09. The van der Waals surface area contributed by atoms with Crippen LogP contribution >= 0.6 is 24.0 Å². The molecule has 0 bridgehead atoms. The van der Waals surface area contributed by atoms with Gasteiger partial charge in [-0.05, 0) is 73.3 Å². The number of allylic oxidation sites excluding steroid dienone is 1. The molecule has 5 nitrogen and oxygen atoms in total. The van der Waals surface area contributed by atoms with Crippen LogP contribution in [0.25, 0.3) is 17.0 Å². The predicted molar refractivity (Wildman–Crippen MR) is 131 cm³/mol. The molecule has 2 heterocycles. The van der Waals surface area contributed by atoms with Crippen LogP contribution in [0, 0.1) is 11.7 Å². The zero-order chi connectivity index (χ0) is 22.8. The van der Waals surface area contributed by atoms with Crippen molar-refractivity contribution in [3.63, 3.8) is 0 Å². The van der Waals surface area contributed by atoms with Crippen LogP contribution in [0.2, 0.25) is 0 Å². The summed E-state index contributed by atoms with van der Waals surface area (Å²) >= 11 is 7.42. The number of hydrogen-bond acceptors (Lipinski definition) is 5. The highest BCUT2D eigenvalue weighted by Crippen LogP contribution is 2.38. The number of nitrogens with zero attached hydrogens (tertiary/aromatic N) is 3. The Hall–Kier alpha value is -2.71. The molecular formula is C24H25FN4OS2. The summed E-state index contributed by atoms with van der Waals surface area (Å²) in [5.41, 5.74) is 3.62. The maximum Gasteiger partial charge on any atom is 0.258 e. The molecule has 1 atom stereocenters. The molecule has 0 spiro atoms. The largest absolute Gasteiger partial charge is 0.351 e. The molecule has 8 heteroatoms. The Morgan fingerprint density at radius 1 is 1.16 bits per heavy atom. The van der Waals surface area contributed by atoms with Crippen LogP contribution < -0.4 is 5.32 Å². The molecule has 0 amide bonds. The molecular weight excluding hydrogens is 443 g/mol. The molecule has 1 unspecified atom stereocenters. The van der Waals surface area contributed by atoms with Crippen molar-refractivity contribution >= 4 is 34.7 Å². The predicted octanol–water partition coefficient (Wildman–Crippen LogP) is 5.92. The molecule has 0 saturated carbocycles. The van der Waals surface area contributed by atoms with E-state index >= 15 is 0 Å². The van der Waals surface area contributed by atoms with Gasteiger partial charge in [-0.15, -0.1) is 11.8 Å². The van der Waals surface area contributed by atoms with Crippen LogP contribution in [-0.4, -0.2) is 33.0 Å². The quantitative estimate of drug-likeness (QED) is 0.356. The van der Waals surface area contributed by atoms with Gasteiger partial charge in [-0.25, -0.2) is 4.39 Å². The zero-order valence-electron chi connectivity index (χ0n) is 18.4. The second kappa shape index (κ2) is 9.42. The van der Waals surface area contributed by atoms with E-state index in [0.717, 1.165) is 23.4 Å². The molecule has 3 aromatic rings. The summed E-state index contributed by atoms with van der Waals surface area (Å²) in [6, 6.07) is 14.2. The van der Waals surface area contributed by atoms with Crippen LogP contribution in [0.15, 0.2) is 63.6 Å². The average Bonchev–Trinajstić information content (AvgIpc) is 3.26. The molecule has 2 aromatic carbocycles. The lowest BCUT2D eigenvalue weighted by atomic mass is 9.94.